The minimum Gasteiger partial charge on any atom is -0.484 e. The van der Waals surface area contributed by atoms with Crippen LogP contribution >= 0.6 is 0 Å². The Balaban J connectivity index is 1.74. The lowest BCUT2D eigenvalue weighted by atomic mass is 10.2. The maximum absolute atomic E-state index is 5.75. The number of nitrogen functional groups attached to an aromatic ring is 1. The van der Waals surface area contributed by atoms with Crippen molar-refractivity contribution in [3.05, 3.63) is 48.3 Å². The third-order valence-electron chi connectivity index (χ3n) is 2.85. The summed E-state index contributed by atoms with van der Waals surface area (Å²) in [4.78, 5) is 8.47. The van der Waals surface area contributed by atoms with Gasteiger partial charge in [0.1, 0.15) is 18.2 Å². The van der Waals surface area contributed by atoms with Crippen molar-refractivity contribution in [2.24, 2.45) is 4.99 Å². The molecule has 0 unspecified atom stereocenters. The lowest BCUT2D eigenvalue weighted by molar-refractivity contribution is 0.372. The van der Waals surface area contributed by atoms with Crippen molar-refractivity contribution in [1.29, 1.82) is 0 Å². The molecule has 1 aliphatic heterocycles. The second kappa shape index (κ2) is 4.97. The van der Waals surface area contributed by atoms with E-state index in [0.717, 1.165) is 22.8 Å². The van der Waals surface area contributed by atoms with Crippen LogP contribution in [0.4, 0.5) is 11.4 Å². The van der Waals surface area contributed by atoms with Gasteiger partial charge < -0.3 is 15.8 Å². The molecule has 2 aromatic rings. The molecule has 1 aliphatic rings. The molecule has 0 saturated heterocycles. The number of amidine groups is 1. The summed E-state index contributed by atoms with van der Waals surface area (Å²) in [5.41, 5.74) is 8.42. The van der Waals surface area contributed by atoms with Gasteiger partial charge in [0.25, 0.3) is 0 Å². The molecule has 1 aromatic heterocycles. The number of fused-ring (bicyclic) bond motifs is 1. The standard InChI is InChI=1S/C14H14N4O/c15-11-1-2-13-12(7-11)18-14(9-19-13)17-8-10-3-5-16-6-4-10/h1-7H,8-9,15H2,(H,17,18). The normalized spacial score (nSPS) is 15.5. The van der Waals surface area contributed by atoms with Gasteiger partial charge in [-0.05, 0) is 35.9 Å². The first-order chi connectivity index (χ1) is 9.31. The number of pyridine rings is 1. The van der Waals surface area contributed by atoms with E-state index >= 15 is 0 Å². The number of benzene rings is 1. The molecular formula is C14H14N4O. The van der Waals surface area contributed by atoms with E-state index in [-0.39, 0.29) is 0 Å². The van der Waals surface area contributed by atoms with Crippen LogP contribution < -0.4 is 15.8 Å². The van der Waals surface area contributed by atoms with Gasteiger partial charge in [-0.15, -0.1) is 0 Å². The van der Waals surface area contributed by atoms with Gasteiger partial charge in [-0.2, -0.15) is 0 Å². The van der Waals surface area contributed by atoms with Crippen molar-refractivity contribution in [3.63, 3.8) is 0 Å². The molecule has 5 heteroatoms. The molecule has 0 atom stereocenters. The lowest BCUT2D eigenvalue weighted by Gasteiger charge is -2.21. The van der Waals surface area contributed by atoms with Crippen molar-refractivity contribution in [1.82, 2.24) is 4.98 Å². The average Bonchev–Trinajstić information content (AvgIpc) is 2.46. The minimum atomic E-state index is 0.446. The zero-order chi connectivity index (χ0) is 13.1. The van der Waals surface area contributed by atoms with Crippen molar-refractivity contribution in [2.75, 3.05) is 17.7 Å². The van der Waals surface area contributed by atoms with Crippen molar-refractivity contribution in [3.8, 4) is 5.75 Å². The second-order valence-corrected chi connectivity index (χ2v) is 4.29. The maximum atomic E-state index is 5.75. The number of anilines is 2. The SMILES string of the molecule is Nc1ccc2c(c1)NC(=NCc1ccncc1)CO2. The van der Waals surface area contributed by atoms with E-state index in [1.807, 2.05) is 30.3 Å². The highest BCUT2D eigenvalue weighted by Gasteiger charge is 2.14. The number of nitrogens with zero attached hydrogens (tertiary/aromatic N) is 2. The first-order valence-corrected chi connectivity index (χ1v) is 6.03. The Hall–Kier alpha value is -2.56. The van der Waals surface area contributed by atoms with Gasteiger partial charge >= 0.3 is 0 Å². The van der Waals surface area contributed by atoms with Crippen molar-refractivity contribution in [2.45, 2.75) is 6.54 Å². The van der Waals surface area contributed by atoms with E-state index in [1.165, 1.54) is 0 Å². The third kappa shape index (κ3) is 2.65. The number of aliphatic imine (C=N–C) groups is 1. The third-order valence-corrected chi connectivity index (χ3v) is 2.85. The molecule has 0 fully saturated rings. The summed E-state index contributed by atoms with van der Waals surface area (Å²) in [6.45, 7) is 1.05. The van der Waals surface area contributed by atoms with Gasteiger partial charge in [-0.3, -0.25) is 9.98 Å². The molecule has 5 nitrogen and oxygen atoms in total. The predicted octanol–water partition coefficient (Wildman–Crippen LogP) is 2.07. The van der Waals surface area contributed by atoms with Crippen LogP contribution in [0.5, 0.6) is 5.75 Å². The first-order valence-electron chi connectivity index (χ1n) is 6.03. The monoisotopic (exact) mass is 254 g/mol. The Morgan fingerprint density at radius 3 is 2.95 bits per heavy atom. The lowest BCUT2D eigenvalue weighted by Crippen LogP contribution is -2.26. The molecule has 1 aromatic carbocycles. The first kappa shape index (κ1) is 11.5. The topological polar surface area (TPSA) is 72.5 Å². The molecule has 0 radical (unpaired) electrons. The van der Waals surface area contributed by atoms with E-state index in [1.54, 1.807) is 12.4 Å². The van der Waals surface area contributed by atoms with Gasteiger partial charge in [-0.25, -0.2) is 0 Å². The van der Waals surface area contributed by atoms with Crippen molar-refractivity contribution >= 4 is 17.2 Å². The van der Waals surface area contributed by atoms with E-state index in [4.69, 9.17) is 10.5 Å². The molecule has 3 N–H and O–H groups in total. The van der Waals surface area contributed by atoms with Gasteiger partial charge in [0, 0.05) is 18.1 Å². The van der Waals surface area contributed by atoms with Gasteiger partial charge in [0.2, 0.25) is 0 Å². The highest BCUT2D eigenvalue weighted by atomic mass is 16.5. The van der Waals surface area contributed by atoms with Gasteiger partial charge in [0.15, 0.2) is 0 Å². The fourth-order valence-electron chi connectivity index (χ4n) is 1.87. The molecule has 3 rings (SSSR count). The number of nitrogens with two attached hydrogens (primary N) is 1. The highest BCUT2D eigenvalue weighted by Crippen LogP contribution is 2.29. The summed E-state index contributed by atoms with van der Waals surface area (Å²) >= 11 is 0. The molecule has 2 heterocycles. The van der Waals surface area contributed by atoms with Crippen LogP contribution in [0.15, 0.2) is 47.7 Å². The minimum absolute atomic E-state index is 0.446. The van der Waals surface area contributed by atoms with Crippen molar-refractivity contribution < 1.29 is 4.74 Å². The summed E-state index contributed by atoms with van der Waals surface area (Å²) < 4.78 is 5.62. The molecule has 19 heavy (non-hydrogen) atoms. The van der Waals surface area contributed by atoms with E-state index < -0.39 is 0 Å². The Labute approximate surface area is 111 Å². The quantitative estimate of drug-likeness (QED) is 0.805. The molecule has 0 amide bonds. The largest absolute Gasteiger partial charge is 0.484 e. The number of hydrogen-bond donors (Lipinski definition) is 2. The van der Waals surface area contributed by atoms with Crippen LogP contribution in [0.25, 0.3) is 0 Å². The number of hydrogen-bond acceptors (Lipinski definition) is 4. The number of nitrogens with one attached hydrogen (secondary N) is 1. The second-order valence-electron chi connectivity index (χ2n) is 4.29. The molecule has 0 saturated carbocycles. The smallest absolute Gasteiger partial charge is 0.146 e. The van der Waals surface area contributed by atoms with Gasteiger partial charge in [0.05, 0.1) is 12.2 Å². The van der Waals surface area contributed by atoms with Crippen LogP contribution in [-0.2, 0) is 6.54 Å². The highest BCUT2D eigenvalue weighted by molar-refractivity contribution is 5.99. The fourth-order valence-corrected chi connectivity index (χ4v) is 1.87. The number of rotatable bonds is 2. The summed E-state index contributed by atoms with van der Waals surface area (Å²) in [6.07, 6.45) is 3.52. The molecule has 0 spiro atoms. The Morgan fingerprint density at radius 2 is 2.11 bits per heavy atom. The van der Waals surface area contributed by atoms with Crippen LogP contribution in [-0.4, -0.2) is 17.4 Å². The molecule has 96 valence electrons. The van der Waals surface area contributed by atoms with Crippen LogP contribution in [0.1, 0.15) is 5.56 Å². The Kier molecular flexibility index (Phi) is 3.02. The zero-order valence-corrected chi connectivity index (χ0v) is 10.3. The van der Waals surface area contributed by atoms with Crippen LogP contribution in [0.3, 0.4) is 0 Å². The molecule has 0 bridgehead atoms. The average molecular weight is 254 g/mol. The predicted molar refractivity (Wildman–Crippen MR) is 75.3 cm³/mol. The summed E-state index contributed by atoms with van der Waals surface area (Å²) in [5, 5.41) is 3.24. The summed E-state index contributed by atoms with van der Waals surface area (Å²) in [5.74, 6) is 1.60. The van der Waals surface area contributed by atoms with Crippen LogP contribution in [0, 0.1) is 0 Å². The summed E-state index contributed by atoms with van der Waals surface area (Å²) in [6, 6.07) is 9.41. The number of aromatic nitrogens is 1. The Bertz CT molecular complexity index is 610. The van der Waals surface area contributed by atoms with E-state index in [0.29, 0.717) is 18.8 Å². The Morgan fingerprint density at radius 1 is 1.26 bits per heavy atom. The van der Waals surface area contributed by atoms with E-state index in [2.05, 4.69) is 15.3 Å². The molecular weight excluding hydrogens is 240 g/mol. The zero-order valence-electron chi connectivity index (χ0n) is 10.3. The fraction of sp³-hybridized carbons (Fsp3) is 0.143. The van der Waals surface area contributed by atoms with E-state index in [9.17, 15) is 0 Å². The summed E-state index contributed by atoms with van der Waals surface area (Å²) in [7, 11) is 0. The van der Waals surface area contributed by atoms with Crippen LogP contribution in [0.2, 0.25) is 0 Å². The molecule has 0 aliphatic carbocycles. The van der Waals surface area contributed by atoms with Gasteiger partial charge in [-0.1, -0.05) is 0 Å². The number of ether oxygens (including phenoxy) is 1. The maximum Gasteiger partial charge on any atom is 0.146 e.